The summed E-state index contributed by atoms with van der Waals surface area (Å²) in [5.74, 6) is 0.343. The van der Waals surface area contributed by atoms with E-state index in [0.29, 0.717) is 5.75 Å². The molecule has 0 fully saturated rings. The highest BCUT2D eigenvalue weighted by Gasteiger charge is 2.51. The van der Waals surface area contributed by atoms with Crippen LogP contribution in [0, 0.1) is 0 Å². The van der Waals surface area contributed by atoms with Crippen molar-refractivity contribution >= 4 is 10.9 Å². The standard InChI is InChI=1S/C22H36N2O/c1-19(2,3)24(20(4,5)6)22(9,10)21(7,8)15-14-23-16-12-11-13-17(25)18(15)16/h11-14,23,25H,1-10H3. The van der Waals surface area contributed by atoms with E-state index in [1.54, 1.807) is 6.07 Å². The molecule has 0 saturated heterocycles. The predicted molar refractivity (Wildman–Crippen MR) is 108 cm³/mol. The van der Waals surface area contributed by atoms with E-state index in [-0.39, 0.29) is 22.0 Å². The van der Waals surface area contributed by atoms with Crippen molar-refractivity contribution in [2.24, 2.45) is 0 Å². The van der Waals surface area contributed by atoms with Gasteiger partial charge in [-0.2, -0.15) is 0 Å². The first-order valence-electron chi connectivity index (χ1n) is 9.22. The fourth-order valence-electron chi connectivity index (χ4n) is 4.95. The molecule has 3 heteroatoms. The lowest BCUT2D eigenvalue weighted by Crippen LogP contribution is -2.68. The van der Waals surface area contributed by atoms with Crippen LogP contribution in [0.5, 0.6) is 5.75 Å². The molecule has 0 atom stereocenters. The van der Waals surface area contributed by atoms with Crippen molar-refractivity contribution in [2.45, 2.75) is 91.3 Å². The summed E-state index contributed by atoms with van der Waals surface area (Å²) in [6.07, 6.45) is 2.07. The third-order valence-corrected chi connectivity index (χ3v) is 5.79. The number of aromatic amines is 1. The van der Waals surface area contributed by atoms with Crippen LogP contribution in [0.25, 0.3) is 10.9 Å². The lowest BCUT2D eigenvalue weighted by Gasteiger charge is -2.60. The molecular weight excluding hydrogens is 308 g/mol. The van der Waals surface area contributed by atoms with Gasteiger partial charge in [-0.1, -0.05) is 19.9 Å². The number of benzene rings is 1. The number of aromatic nitrogens is 1. The number of rotatable bonds is 3. The number of H-pyrrole nitrogens is 1. The van der Waals surface area contributed by atoms with Gasteiger partial charge >= 0.3 is 0 Å². The summed E-state index contributed by atoms with van der Waals surface area (Å²) in [6.45, 7) is 22.9. The second-order valence-corrected chi connectivity index (χ2v) is 10.3. The molecule has 0 aliphatic carbocycles. The Balaban J connectivity index is 2.70. The Labute approximate surface area is 153 Å². The zero-order chi connectivity index (χ0) is 19.4. The van der Waals surface area contributed by atoms with Crippen LogP contribution in [0.1, 0.15) is 74.8 Å². The fraction of sp³-hybridized carbons (Fsp3) is 0.636. The van der Waals surface area contributed by atoms with Crippen molar-refractivity contribution in [1.29, 1.82) is 0 Å². The summed E-state index contributed by atoms with van der Waals surface area (Å²) in [4.78, 5) is 5.95. The fourth-order valence-corrected chi connectivity index (χ4v) is 4.95. The van der Waals surface area contributed by atoms with Crippen molar-refractivity contribution in [2.75, 3.05) is 0 Å². The molecule has 2 rings (SSSR count). The largest absolute Gasteiger partial charge is 0.507 e. The van der Waals surface area contributed by atoms with Gasteiger partial charge < -0.3 is 10.1 Å². The van der Waals surface area contributed by atoms with Gasteiger partial charge in [0, 0.05) is 39.1 Å². The monoisotopic (exact) mass is 344 g/mol. The Morgan fingerprint density at radius 3 is 1.84 bits per heavy atom. The third kappa shape index (κ3) is 3.19. The highest BCUT2D eigenvalue weighted by atomic mass is 16.3. The maximum Gasteiger partial charge on any atom is 0.125 e. The van der Waals surface area contributed by atoms with E-state index < -0.39 is 0 Å². The first kappa shape index (κ1) is 19.8. The summed E-state index contributed by atoms with van der Waals surface area (Å²) in [7, 11) is 0. The quantitative estimate of drug-likeness (QED) is 0.735. The van der Waals surface area contributed by atoms with E-state index in [4.69, 9.17) is 0 Å². The van der Waals surface area contributed by atoms with Crippen molar-refractivity contribution in [3.63, 3.8) is 0 Å². The average Bonchev–Trinajstić information content (AvgIpc) is 2.79. The van der Waals surface area contributed by atoms with E-state index >= 15 is 0 Å². The maximum atomic E-state index is 10.5. The molecule has 0 unspecified atom stereocenters. The van der Waals surface area contributed by atoms with Crippen molar-refractivity contribution < 1.29 is 5.11 Å². The molecule has 0 bridgehead atoms. The van der Waals surface area contributed by atoms with Crippen LogP contribution < -0.4 is 0 Å². The van der Waals surface area contributed by atoms with Gasteiger partial charge in [0.2, 0.25) is 0 Å². The minimum atomic E-state index is -0.190. The molecule has 0 aliphatic rings. The molecular formula is C22H36N2O. The molecule has 1 aromatic heterocycles. The predicted octanol–water partition coefficient (Wildman–Crippen LogP) is 5.83. The van der Waals surface area contributed by atoms with Gasteiger partial charge in [-0.3, -0.25) is 4.90 Å². The molecule has 0 spiro atoms. The van der Waals surface area contributed by atoms with E-state index in [1.165, 1.54) is 0 Å². The van der Waals surface area contributed by atoms with Crippen molar-refractivity contribution in [3.8, 4) is 5.75 Å². The minimum Gasteiger partial charge on any atom is -0.507 e. The Hall–Kier alpha value is -1.48. The summed E-state index contributed by atoms with van der Waals surface area (Å²) in [6, 6.07) is 5.67. The van der Waals surface area contributed by atoms with Crippen LogP contribution in [-0.2, 0) is 5.41 Å². The van der Waals surface area contributed by atoms with Crippen LogP contribution in [0.15, 0.2) is 24.4 Å². The van der Waals surface area contributed by atoms with Crippen LogP contribution in [0.2, 0.25) is 0 Å². The lowest BCUT2D eigenvalue weighted by atomic mass is 9.66. The highest BCUT2D eigenvalue weighted by Crippen LogP contribution is 2.48. The number of fused-ring (bicyclic) bond motifs is 1. The first-order valence-corrected chi connectivity index (χ1v) is 9.22. The molecule has 0 amide bonds. The van der Waals surface area contributed by atoms with E-state index in [2.05, 4.69) is 85.3 Å². The van der Waals surface area contributed by atoms with Crippen LogP contribution in [-0.4, -0.2) is 31.6 Å². The normalized spacial score (nSPS) is 14.5. The second kappa shape index (κ2) is 5.77. The Kier molecular flexibility index (Phi) is 4.58. The number of nitrogens with zero attached hydrogens (tertiary/aromatic N) is 1. The molecule has 2 N–H and O–H groups in total. The number of nitrogens with one attached hydrogen (secondary N) is 1. The van der Waals surface area contributed by atoms with E-state index in [0.717, 1.165) is 16.5 Å². The molecule has 1 heterocycles. The zero-order valence-electron chi connectivity index (χ0n) is 17.7. The Morgan fingerprint density at radius 2 is 1.36 bits per heavy atom. The van der Waals surface area contributed by atoms with Gasteiger partial charge in [0.05, 0.1) is 0 Å². The van der Waals surface area contributed by atoms with Gasteiger partial charge in [0.25, 0.3) is 0 Å². The van der Waals surface area contributed by atoms with Crippen LogP contribution >= 0.6 is 0 Å². The number of aromatic hydroxyl groups is 1. The summed E-state index contributed by atoms with van der Waals surface area (Å²) in [5, 5.41) is 11.4. The van der Waals surface area contributed by atoms with Gasteiger partial charge in [-0.25, -0.2) is 0 Å². The first-order chi connectivity index (χ1) is 11.1. The average molecular weight is 345 g/mol. The van der Waals surface area contributed by atoms with Crippen LogP contribution in [0.3, 0.4) is 0 Å². The molecule has 0 radical (unpaired) electrons. The van der Waals surface area contributed by atoms with E-state index in [1.807, 2.05) is 12.1 Å². The van der Waals surface area contributed by atoms with Crippen molar-refractivity contribution in [3.05, 3.63) is 30.0 Å². The Bertz CT molecular complexity index is 740. The molecule has 0 saturated carbocycles. The smallest absolute Gasteiger partial charge is 0.125 e. The number of hydrogen-bond donors (Lipinski definition) is 2. The number of phenolic OH excluding ortho intramolecular Hbond substituents is 1. The topological polar surface area (TPSA) is 39.3 Å². The molecule has 140 valence electrons. The minimum absolute atomic E-state index is 0.00712. The summed E-state index contributed by atoms with van der Waals surface area (Å²) >= 11 is 0. The van der Waals surface area contributed by atoms with Gasteiger partial charge in [0.15, 0.2) is 0 Å². The molecule has 0 aliphatic heterocycles. The molecule has 25 heavy (non-hydrogen) atoms. The van der Waals surface area contributed by atoms with Crippen LogP contribution in [0.4, 0.5) is 0 Å². The van der Waals surface area contributed by atoms with Gasteiger partial charge in [-0.05, 0) is 73.1 Å². The summed E-state index contributed by atoms with van der Waals surface area (Å²) < 4.78 is 0. The molecule has 1 aromatic carbocycles. The van der Waals surface area contributed by atoms with Gasteiger partial charge in [0.1, 0.15) is 5.75 Å². The summed E-state index contributed by atoms with van der Waals surface area (Å²) in [5.41, 5.74) is 1.81. The Morgan fingerprint density at radius 1 is 0.840 bits per heavy atom. The van der Waals surface area contributed by atoms with Gasteiger partial charge in [-0.15, -0.1) is 0 Å². The number of hydrogen-bond acceptors (Lipinski definition) is 2. The SMILES string of the molecule is CC(C)(C)N(C(C)(C)C)C(C)(C)C(C)(C)c1c[nH]c2cccc(O)c12. The lowest BCUT2D eigenvalue weighted by molar-refractivity contribution is -0.0807. The second-order valence-electron chi connectivity index (χ2n) is 10.3. The molecule has 3 nitrogen and oxygen atoms in total. The molecule has 2 aromatic rings. The zero-order valence-corrected chi connectivity index (χ0v) is 17.7. The van der Waals surface area contributed by atoms with E-state index in [9.17, 15) is 5.11 Å². The maximum absolute atomic E-state index is 10.5. The highest BCUT2D eigenvalue weighted by molar-refractivity contribution is 5.90. The third-order valence-electron chi connectivity index (χ3n) is 5.79. The van der Waals surface area contributed by atoms with Crippen molar-refractivity contribution in [1.82, 2.24) is 9.88 Å². The number of phenols is 1.